The molecule has 0 aromatic heterocycles. The van der Waals surface area contributed by atoms with Crippen molar-refractivity contribution in [2.45, 2.75) is 19.0 Å². The van der Waals surface area contributed by atoms with Gasteiger partial charge in [0.05, 0.1) is 34.0 Å². The number of carbonyl (C=O) groups excluding carboxylic acids is 2. The summed E-state index contributed by atoms with van der Waals surface area (Å²) in [5, 5.41) is 10.3. The van der Waals surface area contributed by atoms with Gasteiger partial charge in [0.2, 0.25) is 0 Å². The number of esters is 1. The molecule has 0 radical (unpaired) electrons. The van der Waals surface area contributed by atoms with Crippen LogP contribution >= 0.6 is 0 Å². The maximum absolute atomic E-state index is 13.1. The van der Waals surface area contributed by atoms with Gasteiger partial charge in [-0.2, -0.15) is 0 Å². The van der Waals surface area contributed by atoms with E-state index in [0.29, 0.717) is 28.2 Å². The van der Waals surface area contributed by atoms with E-state index in [2.05, 4.69) is 0 Å². The number of methoxy groups -OCH3 is 2. The van der Waals surface area contributed by atoms with Gasteiger partial charge in [0.1, 0.15) is 11.5 Å². The van der Waals surface area contributed by atoms with Crippen LogP contribution in [0.1, 0.15) is 28.4 Å². The van der Waals surface area contributed by atoms with Crippen LogP contribution in [0, 0.1) is 0 Å². The highest BCUT2D eigenvalue weighted by atomic mass is 16.5. The summed E-state index contributed by atoms with van der Waals surface area (Å²) >= 11 is 0. The van der Waals surface area contributed by atoms with Gasteiger partial charge in [-0.1, -0.05) is 18.2 Å². The van der Waals surface area contributed by atoms with Gasteiger partial charge in [-0.25, -0.2) is 4.79 Å². The van der Waals surface area contributed by atoms with Crippen LogP contribution in [0.25, 0.3) is 0 Å². The number of hydrogen-bond acceptors (Lipinski definition) is 6. The zero-order valence-electron chi connectivity index (χ0n) is 16.1. The molecule has 1 atom stereocenters. The molecule has 28 heavy (non-hydrogen) atoms. The Labute approximate surface area is 163 Å². The first-order chi connectivity index (χ1) is 13.5. The Balaban J connectivity index is 2.11. The first-order valence-electron chi connectivity index (χ1n) is 8.94. The normalized spacial score (nSPS) is 18.0. The van der Waals surface area contributed by atoms with Crippen molar-refractivity contribution < 1.29 is 28.9 Å². The predicted octanol–water partition coefficient (Wildman–Crippen LogP) is 2.11. The Morgan fingerprint density at radius 1 is 1.14 bits per heavy atom. The monoisotopic (exact) mass is 385 g/mol. The van der Waals surface area contributed by atoms with Gasteiger partial charge in [0.15, 0.2) is 5.54 Å². The maximum atomic E-state index is 13.1. The Morgan fingerprint density at radius 3 is 2.54 bits per heavy atom. The van der Waals surface area contributed by atoms with Crippen LogP contribution in [0.4, 0.5) is 0 Å². The molecule has 148 valence electrons. The van der Waals surface area contributed by atoms with Gasteiger partial charge >= 0.3 is 5.97 Å². The first kappa shape index (κ1) is 19.7. The van der Waals surface area contributed by atoms with Gasteiger partial charge in [-0.15, -0.1) is 0 Å². The quantitative estimate of drug-likeness (QED) is 0.735. The third kappa shape index (κ3) is 2.97. The van der Waals surface area contributed by atoms with Crippen molar-refractivity contribution in [1.82, 2.24) is 4.90 Å². The van der Waals surface area contributed by atoms with Crippen molar-refractivity contribution >= 4 is 11.9 Å². The van der Waals surface area contributed by atoms with E-state index in [9.17, 15) is 14.7 Å². The first-order valence-corrected chi connectivity index (χ1v) is 8.94. The molecular formula is C21H23NO6. The highest BCUT2D eigenvalue weighted by Crippen LogP contribution is 2.42. The number of aliphatic hydroxyl groups is 1. The van der Waals surface area contributed by atoms with Crippen molar-refractivity contribution in [2.75, 3.05) is 27.4 Å². The summed E-state index contributed by atoms with van der Waals surface area (Å²) < 4.78 is 15.9. The van der Waals surface area contributed by atoms with Crippen LogP contribution in [0.3, 0.4) is 0 Å². The van der Waals surface area contributed by atoms with Crippen LogP contribution in [-0.4, -0.2) is 49.3 Å². The third-order valence-electron chi connectivity index (χ3n) is 4.97. The number of carbonyl (C=O) groups is 2. The summed E-state index contributed by atoms with van der Waals surface area (Å²) in [6.45, 7) is 1.28. The van der Waals surface area contributed by atoms with Crippen LogP contribution in [0.5, 0.6) is 11.5 Å². The van der Waals surface area contributed by atoms with Crippen LogP contribution in [-0.2, 0) is 21.6 Å². The average Bonchev–Trinajstić information content (AvgIpc) is 2.97. The zero-order chi connectivity index (χ0) is 20.3. The summed E-state index contributed by atoms with van der Waals surface area (Å²) in [7, 11) is 3.07. The largest absolute Gasteiger partial charge is 0.497 e. The maximum Gasteiger partial charge on any atom is 0.339 e. The minimum atomic E-state index is -1.60. The highest BCUT2D eigenvalue weighted by Gasteiger charge is 2.56. The molecule has 1 aliphatic rings. The van der Waals surface area contributed by atoms with Crippen molar-refractivity contribution in [1.29, 1.82) is 0 Å². The fraction of sp³-hybridized carbons (Fsp3) is 0.333. The zero-order valence-corrected chi connectivity index (χ0v) is 16.1. The van der Waals surface area contributed by atoms with Gasteiger partial charge < -0.3 is 24.2 Å². The Kier molecular flexibility index (Phi) is 5.56. The summed E-state index contributed by atoms with van der Waals surface area (Å²) in [6.07, 6.45) is 0. The molecule has 0 spiro atoms. The lowest BCUT2D eigenvalue weighted by Crippen LogP contribution is -2.53. The lowest BCUT2D eigenvalue weighted by Gasteiger charge is -2.35. The molecule has 0 aliphatic carbocycles. The van der Waals surface area contributed by atoms with E-state index in [1.54, 1.807) is 56.5 Å². The smallest absolute Gasteiger partial charge is 0.339 e. The van der Waals surface area contributed by atoms with E-state index in [1.807, 2.05) is 0 Å². The van der Waals surface area contributed by atoms with Gasteiger partial charge in [-0.3, -0.25) is 4.79 Å². The number of nitrogens with zero attached hydrogens (tertiary/aromatic N) is 1. The molecule has 0 saturated carbocycles. The number of ether oxygens (including phenoxy) is 3. The SMILES string of the molecule is CCOC(=O)C1(CO)c2ccccc2C(=O)N1Cc1ccc(OC)cc1OC. The van der Waals surface area contributed by atoms with Crippen molar-refractivity contribution in [3.8, 4) is 11.5 Å². The molecule has 1 N–H and O–H groups in total. The predicted molar refractivity (Wildman–Crippen MR) is 101 cm³/mol. The molecule has 1 amide bonds. The molecule has 2 aromatic rings. The Bertz CT molecular complexity index is 896. The molecule has 2 aromatic carbocycles. The van der Waals surface area contributed by atoms with Crippen LogP contribution < -0.4 is 9.47 Å². The van der Waals surface area contributed by atoms with E-state index in [0.717, 1.165) is 0 Å². The molecule has 0 bridgehead atoms. The summed E-state index contributed by atoms with van der Waals surface area (Å²) in [5.41, 5.74) is -0.119. The number of benzene rings is 2. The Morgan fingerprint density at radius 2 is 1.89 bits per heavy atom. The van der Waals surface area contributed by atoms with Gasteiger partial charge in [0, 0.05) is 22.8 Å². The fourth-order valence-corrected chi connectivity index (χ4v) is 3.56. The molecule has 7 nitrogen and oxygen atoms in total. The summed E-state index contributed by atoms with van der Waals surface area (Å²) in [4.78, 5) is 27.4. The van der Waals surface area contributed by atoms with Crippen molar-refractivity contribution in [2.24, 2.45) is 0 Å². The second-order valence-electron chi connectivity index (χ2n) is 6.35. The fourth-order valence-electron chi connectivity index (χ4n) is 3.56. The second kappa shape index (κ2) is 7.90. The van der Waals surface area contributed by atoms with Crippen molar-refractivity contribution in [3.63, 3.8) is 0 Å². The highest BCUT2D eigenvalue weighted by molar-refractivity contribution is 6.06. The average molecular weight is 385 g/mol. The molecule has 3 rings (SSSR count). The number of hydrogen-bond donors (Lipinski definition) is 1. The van der Waals surface area contributed by atoms with Crippen LogP contribution in [0.2, 0.25) is 0 Å². The lowest BCUT2D eigenvalue weighted by molar-refractivity contribution is -0.159. The number of rotatable bonds is 7. The lowest BCUT2D eigenvalue weighted by atomic mass is 9.90. The number of fused-ring (bicyclic) bond motifs is 1. The van der Waals surface area contributed by atoms with Crippen molar-refractivity contribution in [3.05, 3.63) is 59.2 Å². The van der Waals surface area contributed by atoms with E-state index >= 15 is 0 Å². The molecule has 7 heteroatoms. The van der Waals surface area contributed by atoms with E-state index in [1.165, 1.54) is 12.0 Å². The van der Waals surface area contributed by atoms with E-state index in [-0.39, 0.29) is 19.1 Å². The number of aliphatic hydroxyl groups excluding tert-OH is 1. The van der Waals surface area contributed by atoms with Gasteiger partial charge in [0.25, 0.3) is 5.91 Å². The molecule has 0 saturated heterocycles. The topological polar surface area (TPSA) is 85.3 Å². The second-order valence-corrected chi connectivity index (χ2v) is 6.35. The van der Waals surface area contributed by atoms with Gasteiger partial charge in [-0.05, 0) is 25.1 Å². The Hall–Kier alpha value is -3.06. The van der Waals surface area contributed by atoms with E-state index in [4.69, 9.17) is 14.2 Å². The molecular weight excluding hydrogens is 362 g/mol. The molecule has 1 unspecified atom stereocenters. The number of amides is 1. The summed E-state index contributed by atoms with van der Waals surface area (Å²) in [5.74, 6) is 0.105. The third-order valence-corrected chi connectivity index (χ3v) is 4.97. The summed E-state index contributed by atoms with van der Waals surface area (Å²) in [6, 6.07) is 12.0. The molecule has 0 fully saturated rings. The van der Waals surface area contributed by atoms with E-state index < -0.39 is 18.1 Å². The molecule has 1 heterocycles. The van der Waals surface area contributed by atoms with Crippen LogP contribution in [0.15, 0.2) is 42.5 Å². The minimum absolute atomic E-state index is 0.0556. The standard InChI is InChI=1S/C21H23NO6/c1-4-28-20(25)21(13-23)17-8-6-5-7-16(17)19(24)22(21)12-14-9-10-15(26-2)11-18(14)27-3/h5-11,23H,4,12-13H2,1-3H3. The molecule has 1 aliphatic heterocycles. The minimum Gasteiger partial charge on any atom is -0.497 e.